The van der Waals surface area contributed by atoms with Crippen molar-refractivity contribution in [3.63, 3.8) is 0 Å². The van der Waals surface area contributed by atoms with Crippen molar-refractivity contribution in [1.82, 2.24) is 10.6 Å². The Morgan fingerprint density at radius 1 is 1.19 bits per heavy atom. The number of nitrogens with two attached hydrogens (primary N) is 1. The number of aryl methyl sites for hydroxylation is 1. The van der Waals surface area contributed by atoms with Gasteiger partial charge in [-0.2, -0.15) is 0 Å². The minimum absolute atomic E-state index is 0.00693. The first-order valence-corrected chi connectivity index (χ1v) is 11.5. The van der Waals surface area contributed by atoms with E-state index in [-0.39, 0.29) is 33.9 Å². The molecule has 0 heterocycles. The quantitative estimate of drug-likeness (QED) is 0.187. The average molecular weight is 542 g/mol. The number of carboxylic acid groups (broad SMARTS) is 1. The maximum Gasteiger partial charge on any atom is 0.328 e. The van der Waals surface area contributed by atoms with Crippen LogP contribution in [-0.4, -0.2) is 65.3 Å². The molecule has 2 rings (SSSR count). The molecule has 1 amide bonds. The van der Waals surface area contributed by atoms with Gasteiger partial charge in [-0.1, -0.05) is 35.3 Å². The van der Waals surface area contributed by atoms with Gasteiger partial charge < -0.3 is 31.7 Å². The molecule has 1 unspecified atom stereocenters. The molecule has 2 aromatic carbocycles. The van der Waals surface area contributed by atoms with E-state index >= 15 is 0 Å². The summed E-state index contributed by atoms with van der Waals surface area (Å²) in [5.41, 5.74) is 6.26. The Labute approximate surface area is 216 Å². The predicted octanol–water partition coefficient (Wildman–Crippen LogP) is 2.45. The van der Waals surface area contributed by atoms with Gasteiger partial charge in [0.1, 0.15) is 18.5 Å². The topological polar surface area (TPSA) is 170 Å². The number of carboxylic acids is 1. The lowest BCUT2D eigenvalue weighted by Crippen LogP contribution is -2.43. The summed E-state index contributed by atoms with van der Waals surface area (Å²) < 4.78 is 12.4. The van der Waals surface area contributed by atoms with E-state index in [1.165, 1.54) is 24.3 Å². The number of aliphatic carboxylic acids is 1. The van der Waals surface area contributed by atoms with Crippen molar-refractivity contribution < 1.29 is 29.3 Å². The molecule has 7 N–H and O–H groups in total. The van der Waals surface area contributed by atoms with E-state index in [1.807, 2.05) is 0 Å². The molecule has 0 aromatic heterocycles. The number of aliphatic imine (C=N–C) groups is 2. The number of nitrogens with one attached hydrogen (secondary N) is 2. The van der Waals surface area contributed by atoms with Crippen molar-refractivity contribution in [1.29, 1.82) is 0 Å². The molecule has 0 aliphatic carbocycles. The SMILES string of the molecule is N/C=N/C(=NC[C@H](NC(=O)c1c(Cl)cc(CCC(O)c2cccc(O)c2)cc1Cl)C(=O)O)NCCF. The first-order valence-electron chi connectivity index (χ1n) is 10.7. The van der Waals surface area contributed by atoms with Gasteiger partial charge in [0.15, 0.2) is 0 Å². The summed E-state index contributed by atoms with van der Waals surface area (Å²) >= 11 is 12.6. The number of rotatable bonds is 11. The van der Waals surface area contributed by atoms with Crippen molar-refractivity contribution in [3.05, 3.63) is 63.1 Å². The predicted molar refractivity (Wildman–Crippen MR) is 136 cm³/mol. The molecular weight excluding hydrogens is 516 g/mol. The van der Waals surface area contributed by atoms with Crippen molar-refractivity contribution in [2.45, 2.75) is 25.0 Å². The number of aliphatic hydroxyl groups is 1. The highest BCUT2D eigenvalue weighted by atomic mass is 35.5. The summed E-state index contributed by atoms with van der Waals surface area (Å²) in [4.78, 5) is 32.0. The Bertz CT molecular complexity index is 1110. The summed E-state index contributed by atoms with van der Waals surface area (Å²) in [6, 6.07) is 7.81. The Morgan fingerprint density at radius 3 is 2.47 bits per heavy atom. The second-order valence-electron chi connectivity index (χ2n) is 7.51. The molecule has 0 saturated carbocycles. The van der Waals surface area contributed by atoms with Crippen LogP contribution in [0.1, 0.15) is 34.0 Å². The van der Waals surface area contributed by atoms with E-state index in [2.05, 4.69) is 20.6 Å². The highest BCUT2D eigenvalue weighted by Gasteiger charge is 2.24. The van der Waals surface area contributed by atoms with Crippen LogP contribution in [0, 0.1) is 0 Å². The zero-order chi connectivity index (χ0) is 26.7. The van der Waals surface area contributed by atoms with Gasteiger partial charge in [-0.3, -0.25) is 4.79 Å². The highest BCUT2D eigenvalue weighted by molar-refractivity contribution is 6.39. The number of amides is 1. The van der Waals surface area contributed by atoms with E-state index in [0.29, 0.717) is 24.0 Å². The van der Waals surface area contributed by atoms with Crippen LogP contribution in [0.5, 0.6) is 5.75 Å². The lowest BCUT2D eigenvalue weighted by molar-refractivity contribution is -0.138. The Morgan fingerprint density at radius 2 is 1.89 bits per heavy atom. The summed E-state index contributed by atoms with van der Waals surface area (Å²) in [5.74, 6) is -2.26. The van der Waals surface area contributed by atoms with Crippen LogP contribution < -0.4 is 16.4 Å². The number of hydrogen-bond acceptors (Lipinski definition) is 5. The van der Waals surface area contributed by atoms with Crippen molar-refractivity contribution in [2.75, 3.05) is 19.8 Å². The minimum Gasteiger partial charge on any atom is -0.508 e. The molecule has 2 atom stereocenters. The van der Waals surface area contributed by atoms with Crippen molar-refractivity contribution in [3.8, 4) is 5.75 Å². The number of halogens is 3. The van der Waals surface area contributed by atoms with Gasteiger partial charge in [-0.25, -0.2) is 19.2 Å². The van der Waals surface area contributed by atoms with Gasteiger partial charge in [0.2, 0.25) is 5.96 Å². The Balaban J connectivity index is 2.10. The van der Waals surface area contributed by atoms with Crippen molar-refractivity contribution >= 4 is 47.4 Å². The van der Waals surface area contributed by atoms with Crippen LogP contribution in [0.3, 0.4) is 0 Å². The molecule has 0 saturated heterocycles. The van der Waals surface area contributed by atoms with Gasteiger partial charge in [0.25, 0.3) is 5.91 Å². The standard InChI is InChI=1S/C23H26Cl2FN5O5/c24-16-8-13(4-5-19(33)14-2-1-3-15(32)10-14)9-17(25)20(16)21(34)31-18(22(35)36)11-29-23(30-12-27)28-7-6-26/h1-3,8-10,12,18-19,32-33H,4-7,11H2,(H,31,34)(H,35,36)(H3,27,28,29,30)/t18-,19?/m0/s1. The fourth-order valence-corrected chi connectivity index (χ4v) is 3.86. The van der Waals surface area contributed by atoms with Crippen LogP contribution in [-0.2, 0) is 11.2 Å². The third-order valence-corrected chi connectivity index (χ3v) is 5.49. The number of alkyl halides is 1. The number of carbonyl (C=O) groups excluding carboxylic acids is 1. The van der Waals surface area contributed by atoms with Crippen LogP contribution in [0.2, 0.25) is 10.0 Å². The fourth-order valence-electron chi connectivity index (χ4n) is 3.15. The molecule has 10 nitrogen and oxygen atoms in total. The Kier molecular flexibility index (Phi) is 11.4. The number of carbonyl (C=O) groups is 2. The molecule has 0 fully saturated rings. The molecule has 0 spiro atoms. The zero-order valence-corrected chi connectivity index (χ0v) is 20.5. The summed E-state index contributed by atoms with van der Waals surface area (Å²) in [5, 5.41) is 34.2. The Hall–Kier alpha value is -3.41. The van der Waals surface area contributed by atoms with Crippen LogP contribution in [0.4, 0.5) is 4.39 Å². The highest BCUT2D eigenvalue weighted by Crippen LogP contribution is 2.29. The molecule has 13 heteroatoms. The van der Waals surface area contributed by atoms with E-state index in [1.54, 1.807) is 12.1 Å². The van der Waals surface area contributed by atoms with Crippen LogP contribution in [0.15, 0.2) is 46.4 Å². The molecule has 194 valence electrons. The third kappa shape index (κ3) is 8.67. The number of aliphatic hydroxyl groups excluding tert-OH is 1. The van der Waals surface area contributed by atoms with Crippen molar-refractivity contribution in [2.24, 2.45) is 15.7 Å². The third-order valence-electron chi connectivity index (χ3n) is 4.89. The van der Waals surface area contributed by atoms with E-state index in [9.17, 15) is 29.3 Å². The van der Waals surface area contributed by atoms with Gasteiger partial charge in [-0.15, -0.1) is 0 Å². The molecular formula is C23H26Cl2FN5O5. The fraction of sp³-hybridized carbons (Fsp3) is 0.304. The summed E-state index contributed by atoms with van der Waals surface area (Å²) in [7, 11) is 0. The maximum absolute atomic E-state index is 12.8. The second-order valence-corrected chi connectivity index (χ2v) is 8.32. The number of phenols is 1. The van der Waals surface area contributed by atoms with E-state index in [0.717, 1.165) is 6.34 Å². The number of hydrogen-bond donors (Lipinski definition) is 6. The normalized spacial score (nSPS) is 13.4. The van der Waals surface area contributed by atoms with Crippen LogP contribution in [0.25, 0.3) is 0 Å². The number of aromatic hydroxyl groups is 1. The first-order chi connectivity index (χ1) is 17.2. The smallest absolute Gasteiger partial charge is 0.328 e. The van der Waals surface area contributed by atoms with Gasteiger partial charge in [0, 0.05) is 6.54 Å². The number of phenolic OH excluding ortho intramolecular Hbond substituents is 1. The lowest BCUT2D eigenvalue weighted by Gasteiger charge is -2.16. The molecule has 2 aromatic rings. The summed E-state index contributed by atoms with van der Waals surface area (Å²) in [6.07, 6.45) is 0.718. The molecule has 0 bridgehead atoms. The van der Waals surface area contributed by atoms with Gasteiger partial charge in [-0.05, 0) is 48.2 Å². The average Bonchev–Trinajstić information content (AvgIpc) is 2.82. The monoisotopic (exact) mass is 541 g/mol. The van der Waals surface area contributed by atoms with Gasteiger partial charge >= 0.3 is 5.97 Å². The number of guanidine groups is 1. The largest absolute Gasteiger partial charge is 0.508 e. The molecule has 0 radical (unpaired) electrons. The first kappa shape index (κ1) is 28.8. The van der Waals surface area contributed by atoms with Gasteiger partial charge in [0.05, 0.1) is 34.6 Å². The second kappa shape index (κ2) is 14.2. The molecule has 0 aliphatic heterocycles. The zero-order valence-electron chi connectivity index (χ0n) is 19.0. The molecule has 36 heavy (non-hydrogen) atoms. The lowest BCUT2D eigenvalue weighted by atomic mass is 10.00. The maximum atomic E-state index is 12.8. The van der Waals surface area contributed by atoms with E-state index < -0.39 is 37.2 Å². The van der Waals surface area contributed by atoms with E-state index in [4.69, 9.17) is 28.9 Å². The number of benzene rings is 2. The summed E-state index contributed by atoms with van der Waals surface area (Å²) in [6.45, 7) is -1.24. The minimum atomic E-state index is -1.46. The molecule has 0 aliphatic rings. The van der Waals surface area contributed by atoms with Crippen LogP contribution >= 0.6 is 23.2 Å². The number of nitrogens with zero attached hydrogens (tertiary/aromatic N) is 2.